The molecule has 3 aromatic rings. The molecule has 0 radical (unpaired) electrons. The number of rotatable bonds is 4. The van der Waals surface area contributed by atoms with Crippen molar-refractivity contribution in [3.05, 3.63) is 70.0 Å². The average molecular weight is 448 g/mol. The minimum atomic E-state index is -0.118. The molecule has 2 heterocycles. The van der Waals surface area contributed by atoms with E-state index < -0.39 is 0 Å². The molecule has 1 fully saturated rings. The first-order valence-corrected chi connectivity index (χ1v) is 10.7. The third-order valence-corrected chi connectivity index (χ3v) is 5.95. The van der Waals surface area contributed by atoms with Gasteiger partial charge in [-0.05, 0) is 35.9 Å². The number of nitrogens with one attached hydrogen (secondary N) is 1. The van der Waals surface area contributed by atoms with Crippen molar-refractivity contribution in [2.45, 2.75) is 6.42 Å². The van der Waals surface area contributed by atoms with E-state index >= 15 is 0 Å². The molecule has 2 amide bonds. The Labute approximate surface area is 183 Å². The summed E-state index contributed by atoms with van der Waals surface area (Å²) in [6.07, 6.45) is 0.676. The monoisotopic (exact) mass is 447 g/mol. The highest BCUT2D eigenvalue weighted by Gasteiger charge is 2.23. The quantitative estimate of drug-likeness (QED) is 0.624. The summed E-state index contributed by atoms with van der Waals surface area (Å²) in [4.78, 5) is 21.1. The van der Waals surface area contributed by atoms with Crippen molar-refractivity contribution in [2.24, 2.45) is 0 Å². The molecule has 0 aliphatic carbocycles. The summed E-state index contributed by atoms with van der Waals surface area (Å²) in [6.45, 7) is 2.69. The molecule has 1 saturated heterocycles. The van der Waals surface area contributed by atoms with Gasteiger partial charge in [-0.2, -0.15) is 4.37 Å². The van der Waals surface area contributed by atoms with Gasteiger partial charge in [-0.15, -0.1) is 0 Å². The number of hydrogen-bond donors (Lipinski definition) is 1. The molecule has 29 heavy (non-hydrogen) atoms. The van der Waals surface area contributed by atoms with Crippen molar-refractivity contribution >= 4 is 51.6 Å². The van der Waals surface area contributed by atoms with Gasteiger partial charge in [0.05, 0.1) is 0 Å². The lowest BCUT2D eigenvalue weighted by molar-refractivity contribution is 0.208. The van der Waals surface area contributed by atoms with E-state index in [1.54, 1.807) is 17.0 Å². The van der Waals surface area contributed by atoms with E-state index in [9.17, 15) is 4.79 Å². The van der Waals surface area contributed by atoms with Crippen molar-refractivity contribution < 1.29 is 4.79 Å². The molecule has 1 aliphatic rings. The highest BCUT2D eigenvalue weighted by molar-refractivity contribution is 7.09. The molecule has 0 saturated carbocycles. The molecule has 150 valence electrons. The van der Waals surface area contributed by atoms with Crippen LogP contribution in [-0.4, -0.2) is 46.5 Å². The Balaban J connectivity index is 1.31. The van der Waals surface area contributed by atoms with E-state index in [1.165, 1.54) is 11.5 Å². The fraction of sp³-hybridized carbons (Fsp3) is 0.250. The number of anilines is 2. The van der Waals surface area contributed by atoms with Gasteiger partial charge in [-0.1, -0.05) is 41.4 Å². The van der Waals surface area contributed by atoms with Crippen LogP contribution in [0.25, 0.3) is 0 Å². The predicted molar refractivity (Wildman–Crippen MR) is 118 cm³/mol. The van der Waals surface area contributed by atoms with Crippen molar-refractivity contribution in [3.8, 4) is 0 Å². The summed E-state index contributed by atoms with van der Waals surface area (Å²) in [6, 6.07) is 14.7. The van der Waals surface area contributed by atoms with Gasteiger partial charge >= 0.3 is 6.03 Å². The average Bonchev–Trinajstić information content (AvgIpc) is 3.18. The molecule has 4 rings (SSSR count). The Hall–Kier alpha value is -2.35. The zero-order chi connectivity index (χ0) is 20.2. The molecule has 1 N–H and O–H groups in total. The Kier molecular flexibility index (Phi) is 6.18. The van der Waals surface area contributed by atoms with Crippen LogP contribution in [0.3, 0.4) is 0 Å². The molecule has 0 unspecified atom stereocenters. The molecule has 0 spiro atoms. The van der Waals surface area contributed by atoms with Crippen LogP contribution in [0.2, 0.25) is 10.0 Å². The normalized spacial score (nSPS) is 14.1. The lowest BCUT2D eigenvalue weighted by Gasteiger charge is -2.34. The maximum absolute atomic E-state index is 12.5. The van der Waals surface area contributed by atoms with Gasteiger partial charge in [-0.25, -0.2) is 9.78 Å². The van der Waals surface area contributed by atoms with Crippen LogP contribution >= 0.6 is 34.7 Å². The van der Waals surface area contributed by atoms with Crippen LogP contribution in [0.5, 0.6) is 0 Å². The molecule has 2 aromatic carbocycles. The summed E-state index contributed by atoms with van der Waals surface area (Å²) in [5.74, 6) is 0.799. The second-order valence-electron chi connectivity index (χ2n) is 6.71. The first-order chi connectivity index (χ1) is 14.1. The molecule has 0 atom stereocenters. The molecule has 9 heteroatoms. The standard InChI is InChI=1S/C20H19Cl2N5OS/c21-15-6-4-14(5-7-15)12-18-24-20(29-25-18)27-10-8-26(9-11-27)19(28)23-17-3-1-2-16(22)13-17/h1-7,13H,8-12H2,(H,23,28). The fourth-order valence-electron chi connectivity index (χ4n) is 3.10. The van der Waals surface area contributed by atoms with Gasteiger partial charge in [-0.3, -0.25) is 0 Å². The van der Waals surface area contributed by atoms with Gasteiger partial charge in [0, 0.05) is 59.9 Å². The van der Waals surface area contributed by atoms with Crippen LogP contribution in [0, 0.1) is 0 Å². The van der Waals surface area contributed by atoms with E-state index in [0.29, 0.717) is 30.2 Å². The minimum Gasteiger partial charge on any atom is -0.343 e. The first-order valence-electron chi connectivity index (χ1n) is 9.20. The first kappa shape index (κ1) is 19.9. The smallest absolute Gasteiger partial charge is 0.321 e. The summed E-state index contributed by atoms with van der Waals surface area (Å²) >= 11 is 13.3. The van der Waals surface area contributed by atoms with Crippen LogP contribution in [0.1, 0.15) is 11.4 Å². The lowest BCUT2D eigenvalue weighted by atomic mass is 10.1. The SMILES string of the molecule is O=C(Nc1cccc(Cl)c1)N1CCN(c2nc(Cc3ccc(Cl)cc3)ns2)CC1. The summed E-state index contributed by atoms with van der Waals surface area (Å²) in [7, 11) is 0. The molecule has 6 nitrogen and oxygen atoms in total. The van der Waals surface area contributed by atoms with Gasteiger partial charge in [0.1, 0.15) is 5.82 Å². The van der Waals surface area contributed by atoms with Crippen LogP contribution in [0.15, 0.2) is 48.5 Å². The van der Waals surface area contributed by atoms with Crippen molar-refractivity contribution in [2.75, 3.05) is 36.4 Å². The zero-order valence-electron chi connectivity index (χ0n) is 15.5. The number of amides is 2. The van der Waals surface area contributed by atoms with E-state index in [0.717, 1.165) is 34.6 Å². The molecule has 1 aromatic heterocycles. The van der Waals surface area contributed by atoms with Gasteiger partial charge in [0.25, 0.3) is 0 Å². The second-order valence-corrected chi connectivity index (χ2v) is 8.31. The number of hydrogen-bond acceptors (Lipinski definition) is 5. The largest absolute Gasteiger partial charge is 0.343 e. The number of carbonyl (C=O) groups excluding carboxylic acids is 1. The molecule has 1 aliphatic heterocycles. The topological polar surface area (TPSA) is 61.4 Å². The number of nitrogens with zero attached hydrogens (tertiary/aromatic N) is 4. The fourth-order valence-corrected chi connectivity index (χ4v) is 4.15. The number of aromatic nitrogens is 2. The van der Waals surface area contributed by atoms with E-state index in [-0.39, 0.29) is 6.03 Å². The Morgan fingerprint density at radius 1 is 1.03 bits per heavy atom. The molecular formula is C20H19Cl2N5OS. The van der Waals surface area contributed by atoms with Crippen LogP contribution < -0.4 is 10.2 Å². The lowest BCUT2D eigenvalue weighted by Crippen LogP contribution is -2.50. The minimum absolute atomic E-state index is 0.118. The van der Waals surface area contributed by atoms with E-state index in [4.69, 9.17) is 23.2 Å². The highest BCUT2D eigenvalue weighted by Crippen LogP contribution is 2.22. The maximum atomic E-state index is 12.5. The Morgan fingerprint density at radius 2 is 1.79 bits per heavy atom. The number of halogens is 2. The van der Waals surface area contributed by atoms with E-state index in [1.807, 2.05) is 36.4 Å². The van der Waals surface area contributed by atoms with E-state index in [2.05, 4.69) is 19.6 Å². The van der Waals surface area contributed by atoms with Crippen LogP contribution in [0.4, 0.5) is 15.6 Å². The van der Waals surface area contributed by atoms with Crippen LogP contribution in [-0.2, 0) is 6.42 Å². The molecule has 0 bridgehead atoms. The van der Waals surface area contributed by atoms with Crippen molar-refractivity contribution in [3.63, 3.8) is 0 Å². The van der Waals surface area contributed by atoms with Crippen molar-refractivity contribution in [1.82, 2.24) is 14.3 Å². The van der Waals surface area contributed by atoms with Crippen molar-refractivity contribution in [1.29, 1.82) is 0 Å². The maximum Gasteiger partial charge on any atom is 0.321 e. The predicted octanol–water partition coefficient (Wildman–Crippen LogP) is 4.79. The Morgan fingerprint density at radius 3 is 2.52 bits per heavy atom. The number of urea groups is 1. The number of benzene rings is 2. The molecular weight excluding hydrogens is 429 g/mol. The van der Waals surface area contributed by atoms with Gasteiger partial charge in [0.15, 0.2) is 0 Å². The highest BCUT2D eigenvalue weighted by atomic mass is 35.5. The zero-order valence-corrected chi connectivity index (χ0v) is 17.8. The summed E-state index contributed by atoms with van der Waals surface area (Å²) in [5, 5.41) is 5.10. The third-order valence-electron chi connectivity index (χ3n) is 4.65. The summed E-state index contributed by atoms with van der Waals surface area (Å²) < 4.78 is 4.48. The third kappa shape index (κ3) is 5.18. The van der Waals surface area contributed by atoms with Gasteiger partial charge < -0.3 is 15.1 Å². The Bertz CT molecular complexity index is 987. The number of piperazine rings is 1. The summed E-state index contributed by atoms with van der Waals surface area (Å²) in [5.41, 5.74) is 1.82. The van der Waals surface area contributed by atoms with Gasteiger partial charge in [0.2, 0.25) is 5.13 Å². The number of carbonyl (C=O) groups is 1. The second kappa shape index (κ2) is 8.98.